The highest BCUT2D eigenvalue weighted by Crippen LogP contribution is 2.06. The number of carboxylic acids is 1. The number of imide groups is 1. The van der Waals surface area contributed by atoms with Gasteiger partial charge in [0.1, 0.15) is 5.56 Å². The molecule has 2 rings (SSSR count). The zero-order valence-corrected chi connectivity index (χ0v) is 13.6. The first-order chi connectivity index (χ1) is 11.9. The van der Waals surface area contributed by atoms with Crippen molar-refractivity contribution in [1.29, 1.82) is 0 Å². The molecule has 0 aliphatic heterocycles. The molecule has 0 aliphatic rings. The van der Waals surface area contributed by atoms with Crippen LogP contribution in [0.5, 0.6) is 0 Å². The lowest BCUT2D eigenvalue weighted by molar-refractivity contribution is -0.143. The van der Waals surface area contributed by atoms with Crippen molar-refractivity contribution in [2.45, 2.75) is 19.8 Å². The van der Waals surface area contributed by atoms with Crippen LogP contribution in [0, 0.1) is 5.92 Å². The molecule has 0 aliphatic carbocycles. The summed E-state index contributed by atoms with van der Waals surface area (Å²) in [6.07, 6.45) is 1.42. The van der Waals surface area contributed by atoms with Crippen LogP contribution in [0.3, 0.4) is 0 Å². The molecule has 1 aromatic heterocycles. The fraction of sp³-hybridized carbons (Fsp3) is 0.222. The number of hydrogen-bond donors (Lipinski definition) is 3. The fourth-order valence-corrected chi connectivity index (χ4v) is 2.22. The van der Waals surface area contributed by atoms with E-state index in [0.717, 1.165) is 5.56 Å². The van der Waals surface area contributed by atoms with E-state index in [2.05, 4.69) is 4.98 Å². The summed E-state index contributed by atoms with van der Waals surface area (Å²) in [6.45, 7) is 1.36. The number of benzene rings is 1. The summed E-state index contributed by atoms with van der Waals surface area (Å²) in [7, 11) is 0. The monoisotopic (exact) mass is 342 g/mol. The SMILES string of the molecule is C[C@@H](CC(=O)NC(=O)c1c[nH]c(Cc2ccccc2)cc1=O)C(=O)O. The van der Waals surface area contributed by atoms with Gasteiger partial charge in [-0.2, -0.15) is 0 Å². The van der Waals surface area contributed by atoms with E-state index in [9.17, 15) is 19.2 Å². The van der Waals surface area contributed by atoms with Gasteiger partial charge in [0.15, 0.2) is 5.43 Å². The first-order valence-electron chi connectivity index (χ1n) is 7.69. The van der Waals surface area contributed by atoms with E-state index < -0.39 is 29.1 Å². The van der Waals surface area contributed by atoms with Crippen LogP contribution >= 0.6 is 0 Å². The first kappa shape index (κ1) is 18.1. The smallest absolute Gasteiger partial charge is 0.306 e. The number of rotatable bonds is 6. The molecule has 7 heteroatoms. The quantitative estimate of drug-likeness (QED) is 0.732. The Labute approximate surface area is 143 Å². The Morgan fingerprint density at radius 3 is 2.48 bits per heavy atom. The van der Waals surface area contributed by atoms with Gasteiger partial charge < -0.3 is 10.1 Å². The van der Waals surface area contributed by atoms with Crippen LogP contribution in [0.25, 0.3) is 0 Å². The molecule has 2 amide bonds. The summed E-state index contributed by atoms with van der Waals surface area (Å²) < 4.78 is 0. The van der Waals surface area contributed by atoms with E-state index in [1.807, 2.05) is 35.6 Å². The van der Waals surface area contributed by atoms with E-state index in [1.165, 1.54) is 19.2 Å². The van der Waals surface area contributed by atoms with Crippen molar-refractivity contribution >= 4 is 17.8 Å². The van der Waals surface area contributed by atoms with Crippen LogP contribution in [0.4, 0.5) is 0 Å². The lowest BCUT2D eigenvalue weighted by Gasteiger charge is -2.07. The molecule has 7 nitrogen and oxygen atoms in total. The lowest BCUT2D eigenvalue weighted by Crippen LogP contribution is -2.35. The Morgan fingerprint density at radius 2 is 1.88 bits per heavy atom. The molecule has 1 atom stereocenters. The van der Waals surface area contributed by atoms with Crippen molar-refractivity contribution in [3.63, 3.8) is 0 Å². The predicted octanol–water partition coefficient (Wildman–Crippen LogP) is 1.33. The molecule has 2 aromatic rings. The Balaban J connectivity index is 2.04. The van der Waals surface area contributed by atoms with Gasteiger partial charge in [0.05, 0.1) is 5.92 Å². The van der Waals surface area contributed by atoms with E-state index in [-0.39, 0.29) is 12.0 Å². The number of carboxylic acid groups (broad SMARTS) is 1. The van der Waals surface area contributed by atoms with E-state index in [4.69, 9.17) is 5.11 Å². The molecule has 130 valence electrons. The minimum absolute atomic E-state index is 0.201. The highest BCUT2D eigenvalue weighted by Gasteiger charge is 2.19. The normalized spacial score (nSPS) is 11.6. The maximum absolute atomic E-state index is 12.1. The van der Waals surface area contributed by atoms with Crippen molar-refractivity contribution in [1.82, 2.24) is 10.3 Å². The standard InChI is InChI=1S/C18H18N2O5/c1-11(18(24)25)7-16(22)20-17(23)14-10-19-13(9-15(14)21)8-12-5-3-2-4-6-12/h2-6,9-11H,7-8H2,1H3,(H,19,21)(H,24,25)(H,20,22,23)/t11-/m0/s1. The maximum atomic E-state index is 12.1. The summed E-state index contributed by atoms with van der Waals surface area (Å²) in [5, 5.41) is 10.8. The topological polar surface area (TPSA) is 116 Å². The number of carbonyl (C=O) groups is 3. The summed E-state index contributed by atoms with van der Waals surface area (Å²) in [5.74, 6) is -3.65. The Bertz CT molecular complexity index is 842. The van der Waals surface area contributed by atoms with Crippen molar-refractivity contribution in [3.05, 3.63) is 69.6 Å². The van der Waals surface area contributed by atoms with Gasteiger partial charge in [0.2, 0.25) is 5.91 Å². The zero-order chi connectivity index (χ0) is 18.4. The third-order valence-electron chi connectivity index (χ3n) is 3.62. The third kappa shape index (κ3) is 5.13. The second kappa shape index (κ2) is 8.05. The van der Waals surface area contributed by atoms with Gasteiger partial charge in [-0.25, -0.2) is 0 Å². The molecule has 0 fully saturated rings. The Kier molecular flexibility index (Phi) is 5.84. The average molecular weight is 342 g/mol. The van der Waals surface area contributed by atoms with Gasteiger partial charge >= 0.3 is 5.97 Å². The van der Waals surface area contributed by atoms with Gasteiger partial charge in [-0.05, 0) is 5.56 Å². The largest absolute Gasteiger partial charge is 0.481 e. The summed E-state index contributed by atoms with van der Waals surface area (Å²) in [6, 6.07) is 10.8. The second-order valence-corrected chi connectivity index (χ2v) is 5.72. The molecule has 0 spiro atoms. The van der Waals surface area contributed by atoms with Crippen molar-refractivity contribution < 1.29 is 19.5 Å². The van der Waals surface area contributed by atoms with Gasteiger partial charge in [0, 0.05) is 30.8 Å². The van der Waals surface area contributed by atoms with E-state index in [1.54, 1.807) is 0 Å². The van der Waals surface area contributed by atoms with Crippen LogP contribution in [-0.2, 0) is 16.0 Å². The van der Waals surface area contributed by atoms with E-state index >= 15 is 0 Å². The number of nitrogens with one attached hydrogen (secondary N) is 2. The van der Waals surface area contributed by atoms with Crippen LogP contribution in [0.15, 0.2) is 47.4 Å². The number of aromatic amines is 1. The van der Waals surface area contributed by atoms with Crippen LogP contribution in [0.2, 0.25) is 0 Å². The number of pyridine rings is 1. The molecule has 0 radical (unpaired) electrons. The van der Waals surface area contributed by atoms with Gasteiger partial charge in [-0.3, -0.25) is 24.5 Å². The number of amides is 2. The molecule has 3 N–H and O–H groups in total. The number of aromatic nitrogens is 1. The fourth-order valence-electron chi connectivity index (χ4n) is 2.22. The van der Waals surface area contributed by atoms with Crippen molar-refractivity contribution in [2.24, 2.45) is 5.92 Å². The second-order valence-electron chi connectivity index (χ2n) is 5.72. The van der Waals surface area contributed by atoms with Crippen molar-refractivity contribution in [3.8, 4) is 0 Å². The predicted molar refractivity (Wildman–Crippen MR) is 90.2 cm³/mol. The molecular formula is C18H18N2O5. The van der Waals surface area contributed by atoms with Crippen LogP contribution in [-0.4, -0.2) is 27.9 Å². The van der Waals surface area contributed by atoms with Crippen LogP contribution in [0.1, 0.15) is 35.0 Å². The number of aliphatic carboxylic acids is 1. The van der Waals surface area contributed by atoms with Crippen molar-refractivity contribution in [2.75, 3.05) is 0 Å². The maximum Gasteiger partial charge on any atom is 0.306 e. The third-order valence-corrected chi connectivity index (χ3v) is 3.62. The number of carbonyl (C=O) groups excluding carboxylic acids is 2. The van der Waals surface area contributed by atoms with E-state index in [0.29, 0.717) is 12.1 Å². The Hall–Kier alpha value is -3.22. The molecule has 0 bridgehead atoms. The highest BCUT2D eigenvalue weighted by molar-refractivity contribution is 6.04. The number of H-pyrrole nitrogens is 1. The highest BCUT2D eigenvalue weighted by atomic mass is 16.4. The molecule has 25 heavy (non-hydrogen) atoms. The summed E-state index contributed by atoms with van der Waals surface area (Å²) >= 11 is 0. The zero-order valence-electron chi connectivity index (χ0n) is 13.6. The Morgan fingerprint density at radius 1 is 1.20 bits per heavy atom. The minimum atomic E-state index is -1.13. The lowest BCUT2D eigenvalue weighted by atomic mass is 10.1. The van der Waals surface area contributed by atoms with Gasteiger partial charge in [0.25, 0.3) is 5.91 Å². The van der Waals surface area contributed by atoms with Gasteiger partial charge in [-0.1, -0.05) is 37.3 Å². The number of hydrogen-bond acceptors (Lipinski definition) is 4. The molecule has 1 heterocycles. The van der Waals surface area contributed by atoms with Crippen LogP contribution < -0.4 is 10.7 Å². The molecule has 1 aromatic carbocycles. The molecular weight excluding hydrogens is 324 g/mol. The summed E-state index contributed by atoms with van der Waals surface area (Å²) in [5.41, 5.74) is 0.932. The summed E-state index contributed by atoms with van der Waals surface area (Å²) in [4.78, 5) is 49.3. The molecule has 0 saturated heterocycles. The van der Waals surface area contributed by atoms with Gasteiger partial charge in [-0.15, -0.1) is 0 Å². The molecule has 0 saturated carbocycles. The molecule has 0 unspecified atom stereocenters. The first-order valence-corrected chi connectivity index (χ1v) is 7.69. The average Bonchev–Trinajstić information content (AvgIpc) is 2.55. The minimum Gasteiger partial charge on any atom is -0.481 e.